The third kappa shape index (κ3) is 3.20. The molecule has 5 heteroatoms. The number of amides is 1. The van der Waals surface area contributed by atoms with E-state index in [-0.39, 0.29) is 18.6 Å². The van der Waals surface area contributed by atoms with Crippen LogP contribution >= 0.6 is 22.9 Å². The van der Waals surface area contributed by atoms with E-state index in [1.165, 1.54) is 11.3 Å². The Balaban J connectivity index is 2.68. The Labute approximate surface area is 104 Å². The Morgan fingerprint density at radius 1 is 1.69 bits per heavy atom. The SMILES string of the molecule is CCC(CCO)NC(=O)c1scc(C)c1Cl. The zero-order valence-corrected chi connectivity index (χ0v) is 11.0. The first-order valence-electron chi connectivity index (χ1n) is 5.25. The number of aryl methyl sites for hydroxylation is 1. The molecular formula is C11H16ClNO2S. The lowest BCUT2D eigenvalue weighted by Gasteiger charge is -2.15. The van der Waals surface area contributed by atoms with E-state index in [0.29, 0.717) is 16.3 Å². The van der Waals surface area contributed by atoms with E-state index in [2.05, 4.69) is 5.32 Å². The molecule has 0 saturated heterocycles. The van der Waals surface area contributed by atoms with Gasteiger partial charge >= 0.3 is 0 Å². The van der Waals surface area contributed by atoms with Crippen LogP contribution in [0.4, 0.5) is 0 Å². The molecule has 0 aliphatic rings. The van der Waals surface area contributed by atoms with Gasteiger partial charge in [-0.05, 0) is 30.7 Å². The van der Waals surface area contributed by atoms with Crippen molar-refractivity contribution in [1.82, 2.24) is 5.32 Å². The second-order valence-corrected chi connectivity index (χ2v) is 4.91. The van der Waals surface area contributed by atoms with Crippen molar-refractivity contribution in [2.24, 2.45) is 0 Å². The summed E-state index contributed by atoms with van der Waals surface area (Å²) in [5, 5.41) is 14.1. The molecule has 1 unspecified atom stereocenters. The van der Waals surface area contributed by atoms with Gasteiger partial charge in [0.15, 0.2) is 0 Å². The first-order valence-corrected chi connectivity index (χ1v) is 6.51. The minimum atomic E-state index is -0.150. The Bertz CT molecular complexity index is 365. The van der Waals surface area contributed by atoms with Gasteiger partial charge in [-0.25, -0.2) is 0 Å². The molecule has 1 aromatic rings. The van der Waals surface area contributed by atoms with Gasteiger partial charge in [-0.15, -0.1) is 11.3 Å². The van der Waals surface area contributed by atoms with Crippen molar-refractivity contribution in [3.8, 4) is 0 Å². The fourth-order valence-electron chi connectivity index (χ4n) is 1.37. The molecule has 1 atom stereocenters. The summed E-state index contributed by atoms with van der Waals surface area (Å²) in [6, 6.07) is 0.0102. The summed E-state index contributed by atoms with van der Waals surface area (Å²) >= 11 is 7.36. The summed E-state index contributed by atoms with van der Waals surface area (Å²) in [7, 11) is 0. The van der Waals surface area contributed by atoms with Crippen LogP contribution in [-0.2, 0) is 0 Å². The third-order valence-electron chi connectivity index (χ3n) is 2.41. The van der Waals surface area contributed by atoms with Crippen LogP contribution in [0.3, 0.4) is 0 Å². The number of hydrogen-bond acceptors (Lipinski definition) is 3. The summed E-state index contributed by atoms with van der Waals surface area (Å²) in [4.78, 5) is 12.4. The molecule has 0 bridgehead atoms. The molecule has 0 saturated carbocycles. The van der Waals surface area contributed by atoms with E-state index in [0.717, 1.165) is 12.0 Å². The predicted molar refractivity (Wildman–Crippen MR) is 67.3 cm³/mol. The number of nitrogens with one attached hydrogen (secondary N) is 1. The molecule has 0 aliphatic carbocycles. The number of hydrogen-bond donors (Lipinski definition) is 2. The van der Waals surface area contributed by atoms with Gasteiger partial charge in [-0.3, -0.25) is 4.79 Å². The van der Waals surface area contributed by atoms with Gasteiger partial charge in [0.1, 0.15) is 4.88 Å². The molecule has 1 heterocycles. The van der Waals surface area contributed by atoms with E-state index in [4.69, 9.17) is 16.7 Å². The van der Waals surface area contributed by atoms with Gasteiger partial charge in [0.2, 0.25) is 0 Å². The van der Waals surface area contributed by atoms with Crippen LogP contribution in [0.25, 0.3) is 0 Å². The van der Waals surface area contributed by atoms with E-state index >= 15 is 0 Å². The molecule has 3 nitrogen and oxygen atoms in total. The van der Waals surface area contributed by atoms with Crippen molar-refractivity contribution in [3.63, 3.8) is 0 Å². The molecule has 1 amide bonds. The predicted octanol–water partition coefficient (Wildman–Crippen LogP) is 2.60. The highest BCUT2D eigenvalue weighted by atomic mass is 35.5. The summed E-state index contributed by atoms with van der Waals surface area (Å²) < 4.78 is 0. The lowest BCUT2D eigenvalue weighted by molar-refractivity contribution is 0.0933. The maximum atomic E-state index is 11.9. The second-order valence-electron chi connectivity index (χ2n) is 3.65. The van der Waals surface area contributed by atoms with Gasteiger partial charge in [0, 0.05) is 12.6 Å². The number of aliphatic hydroxyl groups is 1. The highest BCUT2D eigenvalue weighted by Crippen LogP contribution is 2.27. The second kappa shape index (κ2) is 6.23. The minimum absolute atomic E-state index is 0.0102. The van der Waals surface area contributed by atoms with Crippen LogP contribution in [0.15, 0.2) is 5.38 Å². The summed E-state index contributed by atoms with van der Waals surface area (Å²) in [6.07, 6.45) is 1.37. The fourth-order valence-corrected chi connectivity index (χ4v) is 2.55. The van der Waals surface area contributed by atoms with E-state index in [9.17, 15) is 4.79 Å². The summed E-state index contributed by atoms with van der Waals surface area (Å²) in [5.74, 6) is -0.150. The normalized spacial score (nSPS) is 12.5. The van der Waals surface area contributed by atoms with E-state index < -0.39 is 0 Å². The smallest absolute Gasteiger partial charge is 0.263 e. The number of rotatable bonds is 5. The van der Waals surface area contributed by atoms with E-state index in [1.54, 1.807) is 0 Å². The van der Waals surface area contributed by atoms with E-state index in [1.807, 2.05) is 19.2 Å². The van der Waals surface area contributed by atoms with Crippen molar-refractivity contribution < 1.29 is 9.90 Å². The van der Waals surface area contributed by atoms with Crippen LogP contribution in [0.5, 0.6) is 0 Å². The monoisotopic (exact) mass is 261 g/mol. The van der Waals surface area contributed by atoms with Crippen LogP contribution < -0.4 is 5.32 Å². The number of aliphatic hydroxyl groups excluding tert-OH is 1. The topological polar surface area (TPSA) is 49.3 Å². The minimum Gasteiger partial charge on any atom is -0.396 e. The molecule has 0 aromatic carbocycles. The van der Waals surface area contributed by atoms with Crippen molar-refractivity contribution in [3.05, 3.63) is 20.8 Å². The number of halogens is 1. The molecule has 0 aliphatic heterocycles. The Kier molecular flexibility index (Phi) is 5.25. The van der Waals surface area contributed by atoms with Crippen LogP contribution in [0.2, 0.25) is 5.02 Å². The molecule has 90 valence electrons. The zero-order valence-electron chi connectivity index (χ0n) is 9.42. The third-order valence-corrected chi connectivity index (χ3v) is 4.11. The van der Waals surface area contributed by atoms with Gasteiger partial charge < -0.3 is 10.4 Å². The number of carbonyl (C=O) groups is 1. The molecule has 0 spiro atoms. The van der Waals surface area contributed by atoms with Gasteiger partial charge in [0.05, 0.1) is 5.02 Å². The standard InChI is InChI=1S/C11H16ClNO2S/c1-3-8(4-5-14)13-11(15)10-9(12)7(2)6-16-10/h6,8,14H,3-5H2,1-2H3,(H,13,15). The first-order chi connectivity index (χ1) is 7.60. The largest absolute Gasteiger partial charge is 0.396 e. The lowest BCUT2D eigenvalue weighted by Crippen LogP contribution is -2.34. The van der Waals surface area contributed by atoms with Crippen LogP contribution in [-0.4, -0.2) is 23.7 Å². The lowest BCUT2D eigenvalue weighted by atomic mass is 10.1. The molecule has 0 radical (unpaired) electrons. The summed E-state index contributed by atoms with van der Waals surface area (Å²) in [5.41, 5.74) is 0.923. The van der Waals surface area contributed by atoms with Crippen molar-refractivity contribution in [2.75, 3.05) is 6.61 Å². The number of thiophene rings is 1. The maximum absolute atomic E-state index is 11.9. The van der Waals surface area contributed by atoms with Gasteiger partial charge in [-0.2, -0.15) is 0 Å². The van der Waals surface area contributed by atoms with Crippen molar-refractivity contribution in [1.29, 1.82) is 0 Å². The molecule has 1 rings (SSSR count). The molecule has 2 N–H and O–H groups in total. The number of carbonyl (C=O) groups excluding carboxylic acids is 1. The fraction of sp³-hybridized carbons (Fsp3) is 0.545. The molecular weight excluding hydrogens is 246 g/mol. The average molecular weight is 262 g/mol. The van der Waals surface area contributed by atoms with Crippen LogP contribution in [0.1, 0.15) is 35.0 Å². The Morgan fingerprint density at radius 3 is 2.81 bits per heavy atom. The zero-order chi connectivity index (χ0) is 12.1. The first kappa shape index (κ1) is 13.5. The quantitative estimate of drug-likeness (QED) is 0.856. The van der Waals surface area contributed by atoms with Crippen LogP contribution in [0, 0.1) is 6.92 Å². The molecule has 0 fully saturated rings. The van der Waals surface area contributed by atoms with Gasteiger partial charge in [0.25, 0.3) is 5.91 Å². The Morgan fingerprint density at radius 2 is 2.38 bits per heavy atom. The van der Waals surface area contributed by atoms with Crippen molar-refractivity contribution >= 4 is 28.8 Å². The Hall–Kier alpha value is -0.580. The average Bonchev–Trinajstić information content (AvgIpc) is 2.59. The highest BCUT2D eigenvalue weighted by Gasteiger charge is 2.17. The summed E-state index contributed by atoms with van der Waals surface area (Å²) in [6.45, 7) is 3.93. The highest BCUT2D eigenvalue weighted by molar-refractivity contribution is 7.13. The van der Waals surface area contributed by atoms with Gasteiger partial charge in [-0.1, -0.05) is 18.5 Å². The molecule has 1 aromatic heterocycles. The maximum Gasteiger partial charge on any atom is 0.263 e. The molecule has 16 heavy (non-hydrogen) atoms. The van der Waals surface area contributed by atoms with Crippen molar-refractivity contribution in [2.45, 2.75) is 32.7 Å².